The van der Waals surface area contributed by atoms with Crippen molar-refractivity contribution in [2.24, 2.45) is 4.52 Å². The maximum atomic E-state index is 11.9. The number of hydrogen-bond donors (Lipinski definition) is 0. The summed E-state index contributed by atoms with van der Waals surface area (Å²) < 4.78 is 36.7. The van der Waals surface area contributed by atoms with E-state index in [2.05, 4.69) is 4.52 Å². The van der Waals surface area contributed by atoms with Crippen molar-refractivity contribution in [2.45, 2.75) is 6.92 Å². The van der Waals surface area contributed by atoms with Crippen LogP contribution in [0, 0.1) is 0 Å². The first kappa shape index (κ1) is 8.45. The molecule has 0 rings (SSSR count). The zero-order valence-electron chi connectivity index (χ0n) is 4.24. The predicted molar refractivity (Wildman–Crippen MR) is 31.5 cm³/mol. The first-order valence-corrected chi connectivity index (χ1v) is 4.62. The van der Waals surface area contributed by atoms with Crippen LogP contribution < -0.4 is 0 Å². The predicted octanol–water partition coefficient (Wildman–Crippen LogP) is 3.45. The third-order valence-electron chi connectivity index (χ3n) is 0.476. The van der Waals surface area contributed by atoms with Crippen LogP contribution in [-0.2, 0) is 0 Å². The molecule has 0 bridgehead atoms. The topological polar surface area (TPSA) is 12.4 Å². The lowest BCUT2D eigenvalue weighted by molar-refractivity contribution is 0.746. The Morgan fingerprint density at radius 3 is 2.25 bits per heavy atom. The third-order valence-corrected chi connectivity index (χ3v) is 2.53. The molecule has 0 aromatic carbocycles. The molecule has 0 aromatic heterocycles. The van der Waals surface area contributed by atoms with Crippen molar-refractivity contribution in [3.8, 4) is 0 Å². The summed E-state index contributed by atoms with van der Waals surface area (Å²) in [4.78, 5) is 0. The summed E-state index contributed by atoms with van der Waals surface area (Å²) in [5.41, 5.74) is 0. The van der Waals surface area contributed by atoms with Crippen molar-refractivity contribution in [1.29, 1.82) is 0 Å². The van der Waals surface area contributed by atoms with E-state index >= 15 is 0 Å². The highest BCUT2D eigenvalue weighted by molar-refractivity contribution is 7.55. The Labute approximate surface area is 47.9 Å². The van der Waals surface area contributed by atoms with Crippen LogP contribution in [0.1, 0.15) is 6.92 Å². The van der Waals surface area contributed by atoms with Crippen molar-refractivity contribution in [3.63, 3.8) is 0 Å². The van der Waals surface area contributed by atoms with E-state index in [-0.39, 0.29) is 6.16 Å². The molecule has 0 aliphatic heterocycles. The normalized spacial score (nSPS) is 15.1. The van der Waals surface area contributed by atoms with Crippen LogP contribution in [-0.4, -0.2) is 6.16 Å². The van der Waals surface area contributed by atoms with E-state index in [1.807, 2.05) is 0 Å². The maximum Gasteiger partial charge on any atom is 0.393 e. The van der Waals surface area contributed by atoms with Crippen molar-refractivity contribution in [1.82, 2.24) is 0 Å². The zero-order valence-corrected chi connectivity index (χ0v) is 6.13. The van der Waals surface area contributed by atoms with Crippen molar-refractivity contribution >= 4 is 16.7 Å². The first-order valence-electron chi connectivity index (χ1n) is 2.01. The van der Waals surface area contributed by atoms with E-state index in [9.17, 15) is 12.6 Å². The van der Waals surface area contributed by atoms with Crippen LogP contribution in [0.5, 0.6) is 0 Å². The SMILES string of the molecule is CC/[PH](F)=N\P(F)F. The van der Waals surface area contributed by atoms with Crippen LogP contribution >= 0.6 is 16.7 Å². The number of hydrogen-bond acceptors (Lipinski definition) is 1. The van der Waals surface area contributed by atoms with Crippen molar-refractivity contribution < 1.29 is 12.6 Å². The maximum absolute atomic E-state index is 11.9. The van der Waals surface area contributed by atoms with Crippen molar-refractivity contribution in [3.05, 3.63) is 0 Å². The fourth-order valence-corrected chi connectivity index (χ4v) is 1.37. The van der Waals surface area contributed by atoms with Gasteiger partial charge in [0.1, 0.15) is 8.02 Å². The molecule has 0 saturated carbocycles. The van der Waals surface area contributed by atoms with Gasteiger partial charge < -0.3 is 0 Å². The molecule has 6 heteroatoms. The van der Waals surface area contributed by atoms with Crippen LogP contribution in [0.3, 0.4) is 0 Å². The largest absolute Gasteiger partial charge is 0.393 e. The standard InChI is InChI=1S/C2H6F3NP2/c1-2-7(3)6-8(4)5/h7H,2H2,1H3. The fraction of sp³-hybridized carbons (Fsp3) is 1.00. The van der Waals surface area contributed by atoms with Crippen LogP contribution in [0.25, 0.3) is 0 Å². The quantitative estimate of drug-likeness (QED) is 0.552. The van der Waals surface area contributed by atoms with Gasteiger partial charge in [0.15, 0.2) is 0 Å². The Bertz CT molecular complexity index is 93.3. The molecule has 1 nitrogen and oxygen atoms in total. The van der Waals surface area contributed by atoms with Crippen LogP contribution in [0.15, 0.2) is 4.52 Å². The van der Waals surface area contributed by atoms with Gasteiger partial charge in [-0.3, -0.25) is 0 Å². The second kappa shape index (κ2) is 4.34. The summed E-state index contributed by atoms with van der Waals surface area (Å²) in [6.07, 6.45) is 0.136. The summed E-state index contributed by atoms with van der Waals surface area (Å²) >= 11 is 0. The smallest absolute Gasteiger partial charge is 0.213 e. The molecule has 0 N–H and O–H groups in total. The van der Waals surface area contributed by atoms with Gasteiger partial charge in [-0.15, -0.1) is 0 Å². The molecule has 0 aromatic rings. The highest BCUT2D eigenvalue weighted by Crippen LogP contribution is 2.48. The summed E-state index contributed by atoms with van der Waals surface area (Å²) in [6.45, 7) is 1.51. The van der Waals surface area contributed by atoms with Gasteiger partial charge in [-0.05, 0) is 0 Å². The molecule has 0 aliphatic carbocycles. The average molecular weight is 163 g/mol. The molecule has 0 fully saturated rings. The van der Waals surface area contributed by atoms with Gasteiger partial charge in [-0.25, -0.2) is 4.20 Å². The summed E-state index contributed by atoms with van der Waals surface area (Å²) in [6, 6.07) is 0. The van der Waals surface area contributed by atoms with E-state index in [1.54, 1.807) is 0 Å². The highest BCUT2D eigenvalue weighted by atomic mass is 31.2. The molecule has 0 spiro atoms. The Kier molecular flexibility index (Phi) is 4.58. The van der Waals surface area contributed by atoms with E-state index in [0.717, 1.165) is 0 Å². The van der Waals surface area contributed by atoms with E-state index in [1.165, 1.54) is 6.92 Å². The van der Waals surface area contributed by atoms with Gasteiger partial charge in [0.2, 0.25) is 0 Å². The third kappa shape index (κ3) is 4.61. The van der Waals surface area contributed by atoms with E-state index < -0.39 is 16.7 Å². The summed E-state index contributed by atoms with van der Waals surface area (Å²) in [5.74, 6) is 0. The van der Waals surface area contributed by atoms with Crippen LogP contribution in [0.2, 0.25) is 0 Å². The molecular weight excluding hydrogens is 157 g/mol. The zero-order chi connectivity index (χ0) is 6.57. The Hall–Kier alpha value is 0.450. The number of nitrogens with zero attached hydrogens (tertiary/aromatic N) is 1. The van der Waals surface area contributed by atoms with Gasteiger partial charge in [0.05, 0.1) is 0 Å². The van der Waals surface area contributed by atoms with Gasteiger partial charge in [-0.1, -0.05) is 6.92 Å². The lowest BCUT2D eigenvalue weighted by atomic mass is 11.0. The molecule has 0 amide bonds. The van der Waals surface area contributed by atoms with Gasteiger partial charge in [0.25, 0.3) is 0 Å². The molecule has 0 aliphatic rings. The first-order chi connectivity index (χ1) is 3.66. The molecule has 50 valence electrons. The molecule has 0 heterocycles. The molecule has 1 unspecified atom stereocenters. The van der Waals surface area contributed by atoms with E-state index in [0.29, 0.717) is 0 Å². The minimum Gasteiger partial charge on any atom is -0.213 e. The van der Waals surface area contributed by atoms with Gasteiger partial charge in [0, 0.05) is 6.16 Å². The lowest BCUT2D eigenvalue weighted by Crippen LogP contribution is -1.53. The number of rotatable bonds is 2. The number of halogens is 3. The van der Waals surface area contributed by atoms with Crippen molar-refractivity contribution in [2.75, 3.05) is 6.16 Å². The Morgan fingerprint density at radius 2 is 2.12 bits per heavy atom. The summed E-state index contributed by atoms with van der Waals surface area (Å²) in [5, 5.41) is 0. The highest BCUT2D eigenvalue weighted by Gasteiger charge is 1.99. The fourth-order valence-electron chi connectivity index (χ4n) is 0.153. The average Bonchev–Trinajstić information content (AvgIpc) is 1.65. The molecule has 0 radical (unpaired) electrons. The second-order valence-electron chi connectivity index (χ2n) is 1.04. The Morgan fingerprint density at radius 1 is 1.62 bits per heavy atom. The lowest BCUT2D eigenvalue weighted by Gasteiger charge is -1.87. The Balaban J connectivity index is 3.56. The minimum atomic E-state index is -3.35. The monoisotopic (exact) mass is 163 g/mol. The minimum absolute atomic E-state index is 0.136. The van der Waals surface area contributed by atoms with Gasteiger partial charge >= 0.3 is 8.69 Å². The second-order valence-corrected chi connectivity index (χ2v) is 3.73. The van der Waals surface area contributed by atoms with Gasteiger partial charge in [-0.2, -0.15) is 12.9 Å². The molecule has 8 heavy (non-hydrogen) atoms. The molecule has 0 saturated heterocycles. The summed E-state index contributed by atoms with van der Waals surface area (Å²) in [7, 11) is -5.88. The van der Waals surface area contributed by atoms with Crippen LogP contribution in [0.4, 0.5) is 12.6 Å². The van der Waals surface area contributed by atoms with E-state index in [4.69, 9.17) is 0 Å². The molecular formula is C2H6F3NP2. The molecule has 1 atom stereocenters.